The van der Waals surface area contributed by atoms with Gasteiger partial charge in [-0.25, -0.2) is 0 Å². The van der Waals surface area contributed by atoms with Gasteiger partial charge in [-0.3, -0.25) is 9.35 Å². The normalized spacial score (nSPS) is 13.1. The standard InChI is InChI=1S/C10H13NO4S/c1-2-9(16(13,14)15)11-10(12)8-6-4-3-5-7-8/h3-7,9H,2H2,1H3,(H,11,12)(H,13,14,15). The van der Waals surface area contributed by atoms with E-state index in [2.05, 4.69) is 5.32 Å². The Balaban J connectivity index is 2.79. The van der Waals surface area contributed by atoms with E-state index in [1.165, 1.54) is 0 Å². The number of carbonyl (C=O) groups excluding carboxylic acids is 1. The molecule has 0 aliphatic rings. The molecule has 1 aromatic carbocycles. The highest BCUT2D eigenvalue weighted by molar-refractivity contribution is 7.86. The van der Waals surface area contributed by atoms with Gasteiger partial charge in [-0.15, -0.1) is 0 Å². The molecule has 1 unspecified atom stereocenters. The van der Waals surface area contributed by atoms with E-state index in [-0.39, 0.29) is 6.42 Å². The monoisotopic (exact) mass is 243 g/mol. The summed E-state index contributed by atoms with van der Waals surface area (Å²) in [6.07, 6.45) is 0.109. The zero-order valence-electron chi connectivity index (χ0n) is 8.75. The first-order valence-electron chi connectivity index (χ1n) is 4.77. The Kier molecular flexibility index (Phi) is 4.03. The Hall–Kier alpha value is -1.40. The van der Waals surface area contributed by atoms with Crippen LogP contribution in [0.3, 0.4) is 0 Å². The van der Waals surface area contributed by atoms with Crippen LogP contribution in [0.25, 0.3) is 0 Å². The summed E-state index contributed by atoms with van der Waals surface area (Å²) in [6.45, 7) is 1.56. The molecule has 5 nitrogen and oxygen atoms in total. The molecular weight excluding hydrogens is 230 g/mol. The Morgan fingerprint density at radius 2 is 1.94 bits per heavy atom. The Morgan fingerprint density at radius 1 is 1.38 bits per heavy atom. The number of benzene rings is 1. The minimum Gasteiger partial charge on any atom is -0.333 e. The van der Waals surface area contributed by atoms with Crippen LogP contribution in [0.4, 0.5) is 0 Å². The molecule has 0 spiro atoms. The number of amides is 1. The van der Waals surface area contributed by atoms with Crippen molar-refractivity contribution in [2.45, 2.75) is 18.7 Å². The van der Waals surface area contributed by atoms with Crippen LogP contribution in [0.2, 0.25) is 0 Å². The van der Waals surface area contributed by atoms with Crippen LogP contribution in [0.1, 0.15) is 23.7 Å². The zero-order valence-corrected chi connectivity index (χ0v) is 9.57. The molecule has 1 rings (SSSR count). The quantitative estimate of drug-likeness (QED) is 0.774. The van der Waals surface area contributed by atoms with E-state index in [1.54, 1.807) is 37.3 Å². The van der Waals surface area contributed by atoms with E-state index in [0.29, 0.717) is 5.56 Å². The highest BCUT2D eigenvalue weighted by Crippen LogP contribution is 2.03. The predicted molar refractivity (Wildman–Crippen MR) is 59.5 cm³/mol. The molecule has 1 aromatic rings. The Labute approximate surface area is 94.2 Å². The molecule has 0 saturated heterocycles. The maximum atomic E-state index is 11.6. The van der Waals surface area contributed by atoms with Gasteiger partial charge in [0.15, 0.2) is 5.37 Å². The first-order valence-corrected chi connectivity index (χ1v) is 6.27. The summed E-state index contributed by atoms with van der Waals surface area (Å²) in [7, 11) is -4.25. The van der Waals surface area contributed by atoms with Crippen molar-refractivity contribution in [2.24, 2.45) is 0 Å². The molecule has 0 fully saturated rings. The number of nitrogens with one attached hydrogen (secondary N) is 1. The number of carbonyl (C=O) groups is 1. The molecule has 88 valence electrons. The van der Waals surface area contributed by atoms with E-state index >= 15 is 0 Å². The lowest BCUT2D eigenvalue weighted by Gasteiger charge is -2.13. The summed E-state index contributed by atoms with van der Waals surface area (Å²) in [5.74, 6) is -0.523. The lowest BCUT2D eigenvalue weighted by molar-refractivity contribution is 0.0946. The van der Waals surface area contributed by atoms with Crippen molar-refractivity contribution in [1.29, 1.82) is 0 Å². The van der Waals surface area contributed by atoms with Gasteiger partial charge in [0, 0.05) is 5.56 Å². The van der Waals surface area contributed by atoms with Crippen LogP contribution in [0.5, 0.6) is 0 Å². The summed E-state index contributed by atoms with van der Waals surface area (Å²) in [6, 6.07) is 8.21. The van der Waals surface area contributed by atoms with Crippen molar-refractivity contribution >= 4 is 16.0 Å². The van der Waals surface area contributed by atoms with Gasteiger partial charge in [0.25, 0.3) is 16.0 Å². The van der Waals surface area contributed by atoms with Gasteiger partial charge in [0.1, 0.15) is 0 Å². The Bertz CT molecular complexity index is 455. The first-order chi connectivity index (χ1) is 7.45. The third-order valence-electron chi connectivity index (χ3n) is 2.06. The average Bonchev–Trinajstić information content (AvgIpc) is 2.25. The fourth-order valence-corrected chi connectivity index (χ4v) is 1.88. The highest BCUT2D eigenvalue weighted by atomic mass is 32.2. The first kappa shape index (κ1) is 12.7. The highest BCUT2D eigenvalue weighted by Gasteiger charge is 2.23. The van der Waals surface area contributed by atoms with Crippen molar-refractivity contribution in [2.75, 3.05) is 0 Å². The summed E-state index contributed by atoms with van der Waals surface area (Å²) in [4.78, 5) is 11.6. The molecule has 2 N–H and O–H groups in total. The molecule has 0 heterocycles. The molecule has 1 atom stereocenters. The molecule has 6 heteroatoms. The molecule has 0 bridgehead atoms. The van der Waals surface area contributed by atoms with E-state index in [9.17, 15) is 13.2 Å². The fourth-order valence-electron chi connectivity index (χ4n) is 1.21. The smallest absolute Gasteiger partial charge is 0.286 e. The van der Waals surface area contributed by atoms with Gasteiger partial charge < -0.3 is 5.32 Å². The number of hydrogen-bond acceptors (Lipinski definition) is 3. The third-order valence-corrected chi connectivity index (χ3v) is 3.23. The topological polar surface area (TPSA) is 83.5 Å². The maximum absolute atomic E-state index is 11.6. The lowest BCUT2D eigenvalue weighted by atomic mass is 10.2. The van der Waals surface area contributed by atoms with E-state index in [1.807, 2.05) is 0 Å². The molecule has 0 aromatic heterocycles. The zero-order chi connectivity index (χ0) is 12.2. The molecule has 0 aliphatic carbocycles. The van der Waals surface area contributed by atoms with Crippen LogP contribution in [-0.4, -0.2) is 24.3 Å². The second kappa shape index (κ2) is 5.09. The van der Waals surface area contributed by atoms with E-state index < -0.39 is 21.4 Å². The lowest BCUT2D eigenvalue weighted by Crippen LogP contribution is -2.39. The van der Waals surface area contributed by atoms with Crippen molar-refractivity contribution in [3.05, 3.63) is 35.9 Å². The minimum absolute atomic E-state index is 0.109. The van der Waals surface area contributed by atoms with Gasteiger partial charge in [0.05, 0.1) is 0 Å². The molecular formula is C10H13NO4S. The molecule has 16 heavy (non-hydrogen) atoms. The third kappa shape index (κ3) is 3.32. The average molecular weight is 243 g/mol. The van der Waals surface area contributed by atoms with Crippen molar-refractivity contribution in [3.8, 4) is 0 Å². The van der Waals surface area contributed by atoms with Crippen LogP contribution in [0.15, 0.2) is 30.3 Å². The number of rotatable bonds is 4. The predicted octanol–water partition coefficient (Wildman–Crippen LogP) is 1.04. The largest absolute Gasteiger partial charge is 0.333 e. The second-order valence-corrected chi connectivity index (χ2v) is 4.85. The van der Waals surface area contributed by atoms with Crippen molar-refractivity contribution in [3.63, 3.8) is 0 Å². The fraction of sp³-hybridized carbons (Fsp3) is 0.300. The minimum atomic E-state index is -4.25. The summed E-state index contributed by atoms with van der Waals surface area (Å²) >= 11 is 0. The van der Waals surface area contributed by atoms with Gasteiger partial charge in [0.2, 0.25) is 0 Å². The molecule has 1 amide bonds. The van der Waals surface area contributed by atoms with Crippen molar-refractivity contribution in [1.82, 2.24) is 5.32 Å². The summed E-state index contributed by atoms with van der Waals surface area (Å²) < 4.78 is 30.6. The molecule has 0 saturated carbocycles. The van der Waals surface area contributed by atoms with Gasteiger partial charge in [-0.05, 0) is 18.6 Å². The number of hydrogen-bond donors (Lipinski definition) is 2. The van der Waals surface area contributed by atoms with Gasteiger partial charge >= 0.3 is 0 Å². The van der Waals surface area contributed by atoms with Gasteiger partial charge in [-0.2, -0.15) is 8.42 Å². The molecule has 0 aliphatic heterocycles. The van der Waals surface area contributed by atoms with Gasteiger partial charge in [-0.1, -0.05) is 25.1 Å². The van der Waals surface area contributed by atoms with E-state index in [0.717, 1.165) is 0 Å². The molecule has 0 radical (unpaired) electrons. The van der Waals surface area contributed by atoms with Crippen molar-refractivity contribution < 1.29 is 17.8 Å². The van der Waals surface area contributed by atoms with Crippen LogP contribution < -0.4 is 5.32 Å². The summed E-state index contributed by atoms with van der Waals surface area (Å²) in [5, 5.41) is 0.982. The summed E-state index contributed by atoms with van der Waals surface area (Å²) in [5.41, 5.74) is 0.351. The van der Waals surface area contributed by atoms with Crippen LogP contribution in [-0.2, 0) is 10.1 Å². The van der Waals surface area contributed by atoms with E-state index in [4.69, 9.17) is 4.55 Å². The Morgan fingerprint density at radius 3 is 2.38 bits per heavy atom. The second-order valence-electron chi connectivity index (χ2n) is 3.25. The SMILES string of the molecule is CCC(NC(=O)c1ccccc1)S(=O)(=O)O. The van der Waals surface area contributed by atoms with Crippen LogP contribution in [0, 0.1) is 0 Å². The van der Waals surface area contributed by atoms with Crippen LogP contribution >= 0.6 is 0 Å². The maximum Gasteiger partial charge on any atom is 0.286 e.